The lowest BCUT2D eigenvalue weighted by Gasteiger charge is -2.18. The molecule has 1 aromatic carbocycles. The van der Waals surface area contributed by atoms with Crippen molar-refractivity contribution in [3.63, 3.8) is 0 Å². The third-order valence-electron chi connectivity index (χ3n) is 3.62. The van der Waals surface area contributed by atoms with Gasteiger partial charge in [0.15, 0.2) is 10.1 Å². The standard InChI is InChI=1S/C17H13ClF3N3O2S/c1-23(10-11-4-2-3-5-13(11)26-17(19,20)21)14(25)7-6-12-15(18)22-16-24(12)8-9-27-16/h2-9H,10H2,1H3/b7-6+. The maximum Gasteiger partial charge on any atom is 0.573 e. The number of alkyl halides is 3. The number of aromatic nitrogens is 2. The molecule has 5 nitrogen and oxygen atoms in total. The number of rotatable bonds is 5. The van der Waals surface area contributed by atoms with Crippen LogP contribution in [-0.2, 0) is 11.3 Å². The van der Waals surface area contributed by atoms with Gasteiger partial charge in [0.05, 0.1) is 5.69 Å². The number of carbonyl (C=O) groups excluding carboxylic acids is 1. The topological polar surface area (TPSA) is 46.8 Å². The predicted octanol–water partition coefficient (Wildman–Crippen LogP) is 4.62. The van der Waals surface area contributed by atoms with Gasteiger partial charge in [-0.25, -0.2) is 4.98 Å². The van der Waals surface area contributed by atoms with Crippen LogP contribution in [0.5, 0.6) is 5.75 Å². The van der Waals surface area contributed by atoms with E-state index in [0.717, 1.165) is 0 Å². The first kappa shape index (κ1) is 19.2. The normalized spacial score (nSPS) is 12.0. The molecule has 0 unspecified atom stereocenters. The number of imidazole rings is 1. The number of ether oxygens (including phenoxy) is 1. The largest absolute Gasteiger partial charge is 0.573 e. The Kier molecular flexibility index (Phi) is 5.43. The highest BCUT2D eigenvalue weighted by Gasteiger charge is 2.32. The number of benzene rings is 1. The highest BCUT2D eigenvalue weighted by Crippen LogP contribution is 2.27. The predicted molar refractivity (Wildman–Crippen MR) is 96.7 cm³/mol. The Morgan fingerprint density at radius 1 is 1.41 bits per heavy atom. The number of halogens is 4. The lowest BCUT2D eigenvalue weighted by atomic mass is 10.2. The molecular weight excluding hydrogens is 403 g/mol. The molecule has 142 valence electrons. The van der Waals surface area contributed by atoms with E-state index < -0.39 is 12.3 Å². The summed E-state index contributed by atoms with van der Waals surface area (Å²) >= 11 is 7.46. The summed E-state index contributed by atoms with van der Waals surface area (Å²) in [6, 6.07) is 5.68. The number of fused-ring (bicyclic) bond motifs is 1. The average Bonchev–Trinajstić information content (AvgIpc) is 3.14. The van der Waals surface area contributed by atoms with Gasteiger partial charge < -0.3 is 9.64 Å². The summed E-state index contributed by atoms with van der Waals surface area (Å²) in [5, 5.41) is 2.10. The first-order chi connectivity index (χ1) is 12.7. The van der Waals surface area contributed by atoms with Crippen molar-refractivity contribution in [2.75, 3.05) is 7.05 Å². The van der Waals surface area contributed by atoms with Crippen molar-refractivity contribution in [3.8, 4) is 5.75 Å². The van der Waals surface area contributed by atoms with Gasteiger partial charge in [0.2, 0.25) is 5.91 Å². The van der Waals surface area contributed by atoms with Crippen molar-refractivity contribution < 1.29 is 22.7 Å². The maximum absolute atomic E-state index is 12.5. The van der Waals surface area contributed by atoms with E-state index in [-0.39, 0.29) is 23.0 Å². The zero-order valence-electron chi connectivity index (χ0n) is 13.9. The van der Waals surface area contributed by atoms with E-state index in [1.54, 1.807) is 16.7 Å². The molecule has 0 aliphatic rings. The number of para-hydroxylation sites is 1. The molecule has 0 aliphatic heterocycles. The number of thiazole rings is 1. The van der Waals surface area contributed by atoms with E-state index in [9.17, 15) is 18.0 Å². The molecule has 0 saturated carbocycles. The smallest absolute Gasteiger partial charge is 0.405 e. The van der Waals surface area contributed by atoms with Gasteiger partial charge in [-0.2, -0.15) is 0 Å². The SMILES string of the molecule is CN(Cc1ccccc1OC(F)(F)F)C(=O)/C=C/c1c(Cl)nc2sccn12. The lowest BCUT2D eigenvalue weighted by molar-refractivity contribution is -0.275. The van der Waals surface area contributed by atoms with E-state index in [4.69, 9.17) is 11.6 Å². The van der Waals surface area contributed by atoms with Gasteiger partial charge in [0.25, 0.3) is 0 Å². The van der Waals surface area contributed by atoms with E-state index in [2.05, 4.69) is 9.72 Å². The zero-order chi connectivity index (χ0) is 19.6. The van der Waals surface area contributed by atoms with Crippen LogP contribution in [0.15, 0.2) is 41.9 Å². The summed E-state index contributed by atoms with van der Waals surface area (Å²) < 4.78 is 43.2. The van der Waals surface area contributed by atoms with Crippen LogP contribution in [0.25, 0.3) is 11.0 Å². The van der Waals surface area contributed by atoms with Gasteiger partial charge >= 0.3 is 6.36 Å². The molecular formula is C17H13ClF3N3O2S. The molecule has 2 aromatic heterocycles. The fourth-order valence-electron chi connectivity index (χ4n) is 2.40. The van der Waals surface area contributed by atoms with E-state index in [1.807, 2.05) is 5.38 Å². The number of amides is 1. The van der Waals surface area contributed by atoms with Crippen molar-refractivity contribution in [2.45, 2.75) is 12.9 Å². The fraction of sp³-hybridized carbons (Fsp3) is 0.176. The summed E-state index contributed by atoms with van der Waals surface area (Å²) in [4.78, 5) is 18.5. The molecule has 1 amide bonds. The molecule has 0 bridgehead atoms. The highest BCUT2D eigenvalue weighted by atomic mass is 35.5. The van der Waals surface area contributed by atoms with Crippen LogP contribution in [0, 0.1) is 0 Å². The summed E-state index contributed by atoms with van der Waals surface area (Å²) in [5.41, 5.74) is 0.789. The Morgan fingerprint density at radius 2 is 2.15 bits per heavy atom. The third-order valence-corrected chi connectivity index (χ3v) is 4.65. The minimum atomic E-state index is -4.80. The van der Waals surface area contributed by atoms with Crippen LogP contribution in [0.3, 0.4) is 0 Å². The average molecular weight is 416 g/mol. The zero-order valence-corrected chi connectivity index (χ0v) is 15.5. The highest BCUT2D eigenvalue weighted by molar-refractivity contribution is 7.15. The third kappa shape index (κ3) is 4.61. The fourth-order valence-corrected chi connectivity index (χ4v) is 3.40. The monoisotopic (exact) mass is 415 g/mol. The van der Waals surface area contributed by atoms with Gasteiger partial charge in [-0.1, -0.05) is 29.8 Å². The molecule has 3 aromatic rings. The van der Waals surface area contributed by atoms with Crippen molar-refractivity contribution in [1.82, 2.24) is 14.3 Å². The number of likely N-dealkylation sites (N-methyl/N-ethyl adjacent to an activating group) is 1. The first-order valence-electron chi connectivity index (χ1n) is 7.62. The first-order valence-corrected chi connectivity index (χ1v) is 8.88. The Morgan fingerprint density at radius 3 is 2.89 bits per heavy atom. The second-order valence-electron chi connectivity index (χ2n) is 5.53. The second kappa shape index (κ2) is 7.61. The molecule has 0 saturated heterocycles. The summed E-state index contributed by atoms with van der Waals surface area (Å²) in [6.07, 6.45) is -0.215. The van der Waals surface area contributed by atoms with Crippen molar-refractivity contribution >= 4 is 39.9 Å². The molecule has 3 rings (SSSR count). The molecule has 0 fully saturated rings. The van der Waals surface area contributed by atoms with Crippen LogP contribution < -0.4 is 4.74 Å². The number of hydrogen-bond donors (Lipinski definition) is 0. The molecule has 0 atom stereocenters. The second-order valence-corrected chi connectivity index (χ2v) is 6.76. The number of carbonyl (C=O) groups is 1. The quantitative estimate of drug-likeness (QED) is 0.571. The van der Waals surface area contributed by atoms with Gasteiger partial charge in [-0.3, -0.25) is 9.20 Å². The summed E-state index contributed by atoms with van der Waals surface area (Å²) in [6.45, 7) is -0.0522. The Balaban J connectivity index is 1.73. The van der Waals surface area contributed by atoms with Gasteiger partial charge in [-0.15, -0.1) is 24.5 Å². The molecule has 0 spiro atoms. The molecule has 0 aliphatic carbocycles. The van der Waals surface area contributed by atoms with Crippen molar-refractivity contribution in [2.24, 2.45) is 0 Å². The molecule has 10 heteroatoms. The maximum atomic E-state index is 12.5. The van der Waals surface area contributed by atoms with Gasteiger partial charge in [0, 0.05) is 36.8 Å². The Bertz CT molecular complexity index is 997. The Hall–Kier alpha value is -2.52. The number of hydrogen-bond acceptors (Lipinski definition) is 4. The molecule has 2 heterocycles. The van der Waals surface area contributed by atoms with Crippen LogP contribution in [0.4, 0.5) is 13.2 Å². The van der Waals surface area contributed by atoms with Crippen LogP contribution >= 0.6 is 22.9 Å². The van der Waals surface area contributed by atoms with Gasteiger partial charge in [0.1, 0.15) is 5.75 Å². The van der Waals surface area contributed by atoms with E-state index in [0.29, 0.717) is 10.7 Å². The van der Waals surface area contributed by atoms with E-state index >= 15 is 0 Å². The Labute approximate surface area is 161 Å². The molecule has 0 N–H and O–H groups in total. The molecule has 27 heavy (non-hydrogen) atoms. The van der Waals surface area contributed by atoms with Gasteiger partial charge in [-0.05, 0) is 12.1 Å². The van der Waals surface area contributed by atoms with Crippen LogP contribution in [0.2, 0.25) is 5.15 Å². The van der Waals surface area contributed by atoms with Crippen molar-refractivity contribution in [1.29, 1.82) is 0 Å². The minimum absolute atomic E-state index is 0.0522. The lowest BCUT2D eigenvalue weighted by Crippen LogP contribution is -2.25. The summed E-state index contributed by atoms with van der Waals surface area (Å²) in [7, 11) is 1.48. The molecule has 0 radical (unpaired) electrons. The number of nitrogens with zero attached hydrogens (tertiary/aromatic N) is 3. The van der Waals surface area contributed by atoms with E-state index in [1.165, 1.54) is 53.6 Å². The van der Waals surface area contributed by atoms with Crippen LogP contribution in [-0.4, -0.2) is 33.6 Å². The minimum Gasteiger partial charge on any atom is -0.405 e. The van der Waals surface area contributed by atoms with Crippen molar-refractivity contribution in [3.05, 3.63) is 58.3 Å². The van der Waals surface area contributed by atoms with Crippen LogP contribution in [0.1, 0.15) is 11.3 Å². The summed E-state index contributed by atoms with van der Waals surface area (Å²) in [5.74, 6) is -0.745.